The summed E-state index contributed by atoms with van der Waals surface area (Å²) in [4.78, 5) is 9.97. The Bertz CT molecular complexity index is 254. The molecule has 0 aromatic heterocycles. The first kappa shape index (κ1) is 11.9. The van der Waals surface area contributed by atoms with Crippen LogP contribution in [0, 0.1) is 0 Å². The Morgan fingerprint density at radius 1 is 1.69 bits per heavy atom. The van der Waals surface area contributed by atoms with Gasteiger partial charge in [0.2, 0.25) is 6.41 Å². The van der Waals surface area contributed by atoms with Crippen LogP contribution in [0.3, 0.4) is 0 Å². The van der Waals surface area contributed by atoms with E-state index in [9.17, 15) is 9.18 Å². The fraction of sp³-hybridized carbons (Fsp3) is 0.222. The van der Waals surface area contributed by atoms with Crippen molar-refractivity contribution in [3.05, 3.63) is 35.2 Å². The van der Waals surface area contributed by atoms with Crippen LogP contribution in [0.5, 0.6) is 0 Å². The SMILES string of the molecule is C=C/C=C(Cl)\C(CNC=O)=C(/C)F. The molecule has 0 aliphatic carbocycles. The van der Waals surface area contributed by atoms with Crippen molar-refractivity contribution in [1.82, 2.24) is 5.32 Å². The van der Waals surface area contributed by atoms with Crippen LogP contribution < -0.4 is 5.32 Å². The van der Waals surface area contributed by atoms with Crippen molar-refractivity contribution >= 4 is 18.0 Å². The highest BCUT2D eigenvalue weighted by Gasteiger charge is 2.05. The third-order valence-corrected chi connectivity index (χ3v) is 1.68. The van der Waals surface area contributed by atoms with Crippen LogP contribution in [0.1, 0.15) is 6.92 Å². The van der Waals surface area contributed by atoms with E-state index in [0.717, 1.165) is 0 Å². The van der Waals surface area contributed by atoms with Gasteiger partial charge in [0.25, 0.3) is 0 Å². The van der Waals surface area contributed by atoms with E-state index in [1.807, 2.05) is 0 Å². The second kappa shape index (κ2) is 6.43. The second-order valence-corrected chi connectivity index (χ2v) is 2.67. The van der Waals surface area contributed by atoms with Gasteiger partial charge in [0.05, 0.1) is 0 Å². The maximum Gasteiger partial charge on any atom is 0.207 e. The van der Waals surface area contributed by atoms with E-state index in [2.05, 4.69) is 11.9 Å². The molecule has 0 bridgehead atoms. The minimum absolute atomic E-state index is 0.0784. The zero-order chi connectivity index (χ0) is 10.3. The van der Waals surface area contributed by atoms with Crippen LogP contribution in [0.15, 0.2) is 35.2 Å². The van der Waals surface area contributed by atoms with Crippen LogP contribution in [-0.4, -0.2) is 13.0 Å². The van der Waals surface area contributed by atoms with Gasteiger partial charge in [0.1, 0.15) is 5.83 Å². The number of halogens is 2. The zero-order valence-corrected chi connectivity index (χ0v) is 8.07. The average Bonchev–Trinajstić information content (AvgIpc) is 2.05. The molecule has 0 radical (unpaired) electrons. The van der Waals surface area contributed by atoms with Gasteiger partial charge in [-0.3, -0.25) is 4.79 Å². The van der Waals surface area contributed by atoms with Crippen LogP contribution in [-0.2, 0) is 4.79 Å². The molecule has 0 saturated carbocycles. The summed E-state index contributed by atoms with van der Waals surface area (Å²) < 4.78 is 12.8. The molecule has 0 spiro atoms. The van der Waals surface area contributed by atoms with E-state index >= 15 is 0 Å². The molecule has 0 atom stereocenters. The van der Waals surface area contributed by atoms with Gasteiger partial charge < -0.3 is 5.32 Å². The summed E-state index contributed by atoms with van der Waals surface area (Å²) in [5.41, 5.74) is 0.258. The number of allylic oxidation sites excluding steroid dienone is 3. The van der Waals surface area contributed by atoms with Gasteiger partial charge >= 0.3 is 0 Å². The van der Waals surface area contributed by atoms with Crippen molar-refractivity contribution < 1.29 is 9.18 Å². The molecule has 1 N–H and O–H groups in total. The highest BCUT2D eigenvalue weighted by atomic mass is 35.5. The van der Waals surface area contributed by atoms with Crippen molar-refractivity contribution in [3.8, 4) is 0 Å². The maximum atomic E-state index is 12.8. The van der Waals surface area contributed by atoms with Crippen molar-refractivity contribution in [2.24, 2.45) is 0 Å². The normalized spacial score (nSPS) is 13.3. The van der Waals surface area contributed by atoms with Gasteiger partial charge in [-0.05, 0) is 13.0 Å². The molecule has 0 saturated heterocycles. The molecule has 4 heteroatoms. The maximum absolute atomic E-state index is 12.8. The van der Waals surface area contributed by atoms with Gasteiger partial charge in [0.15, 0.2) is 0 Å². The summed E-state index contributed by atoms with van der Waals surface area (Å²) in [6.45, 7) is 4.78. The Balaban J connectivity index is 4.63. The fourth-order valence-corrected chi connectivity index (χ4v) is 1.00. The fourth-order valence-electron chi connectivity index (χ4n) is 0.719. The summed E-state index contributed by atoms with van der Waals surface area (Å²) in [5.74, 6) is -0.419. The average molecular weight is 204 g/mol. The molecule has 0 aliphatic heterocycles. The lowest BCUT2D eigenvalue weighted by atomic mass is 10.2. The van der Waals surface area contributed by atoms with Crippen molar-refractivity contribution in [2.45, 2.75) is 6.92 Å². The highest BCUT2D eigenvalue weighted by molar-refractivity contribution is 6.32. The number of hydrogen-bond acceptors (Lipinski definition) is 1. The molecule has 0 aromatic carbocycles. The first-order chi connectivity index (χ1) is 6.13. The van der Waals surface area contributed by atoms with Crippen LogP contribution in [0.25, 0.3) is 0 Å². The number of amides is 1. The standard InChI is InChI=1S/C9H11ClFNO/c1-3-4-9(10)8(7(2)11)5-12-6-13/h3-4,6H,1,5H2,2H3,(H,12,13)/b8-7+,9-4+. The number of hydrogen-bond donors (Lipinski definition) is 1. The number of rotatable bonds is 5. The number of carbonyl (C=O) groups is 1. The molecular formula is C9H11ClFNO. The van der Waals surface area contributed by atoms with Gasteiger partial charge in [-0.15, -0.1) is 0 Å². The smallest absolute Gasteiger partial charge is 0.207 e. The highest BCUT2D eigenvalue weighted by Crippen LogP contribution is 2.18. The van der Waals surface area contributed by atoms with E-state index in [0.29, 0.717) is 6.41 Å². The van der Waals surface area contributed by atoms with Crippen LogP contribution >= 0.6 is 11.6 Å². The molecule has 1 amide bonds. The monoisotopic (exact) mass is 203 g/mol. The van der Waals surface area contributed by atoms with Crippen molar-refractivity contribution in [2.75, 3.05) is 6.54 Å². The summed E-state index contributed by atoms with van der Waals surface area (Å²) in [7, 11) is 0. The minimum Gasteiger partial charge on any atom is -0.354 e. The third kappa shape index (κ3) is 4.48. The van der Waals surface area contributed by atoms with E-state index in [4.69, 9.17) is 11.6 Å². The van der Waals surface area contributed by atoms with Gasteiger partial charge in [-0.1, -0.05) is 24.3 Å². The molecule has 0 aromatic rings. The van der Waals surface area contributed by atoms with E-state index in [1.165, 1.54) is 19.1 Å². The first-order valence-corrected chi connectivity index (χ1v) is 4.02. The Labute approximate surface area is 81.8 Å². The molecule has 13 heavy (non-hydrogen) atoms. The predicted molar refractivity (Wildman–Crippen MR) is 52.0 cm³/mol. The van der Waals surface area contributed by atoms with E-state index in [-0.39, 0.29) is 17.2 Å². The summed E-state index contributed by atoms with van der Waals surface area (Å²) in [6, 6.07) is 0. The quantitative estimate of drug-likeness (QED) is 0.539. The molecule has 2 nitrogen and oxygen atoms in total. The van der Waals surface area contributed by atoms with Gasteiger partial charge in [-0.2, -0.15) is 0 Å². The van der Waals surface area contributed by atoms with Crippen LogP contribution in [0.4, 0.5) is 4.39 Å². The molecule has 72 valence electrons. The van der Waals surface area contributed by atoms with Crippen LogP contribution in [0.2, 0.25) is 0 Å². The van der Waals surface area contributed by atoms with Crippen molar-refractivity contribution in [1.29, 1.82) is 0 Å². The lowest BCUT2D eigenvalue weighted by Crippen LogP contribution is -2.15. The molecular weight excluding hydrogens is 193 g/mol. The Hall–Kier alpha value is -1.09. The summed E-state index contributed by atoms with van der Waals surface area (Å²) >= 11 is 5.71. The predicted octanol–water partition coefficient (Wildman–Crippen LogP) is 2.28. The topological polar surface area (TPSA) is 29.1 Å². The molecule has 0 rings (SSSR count). The molecule has 0 fully saturated rings. The lowest BCUT2D eigenvalue weighted by molar-refractivity contribution is -0.109. The first-order valence-electron chi connectivity index (χ1n) is 3.64. The number of carbonyl (C=O) groups excluding carboxylic acids is 1. The molecule has 0 unspecified atom stereocenters. The summed E-state index contributed by atoms with van der Waals surface area (Å²) in [6.07, 6.45) is 3.40. The lowest BCUT2D eigenvalue weighted by Gasteiger charge is -2.04. The largest absolute Gasteiger partial charge is 0.354 e. The molecule has 0 heterocycles. The third-order valence-electron chi connectivity index (χ3n) is 1.33. The summed E-state index contributed by atoms with van der Waals surface area (Å²) in [5, 5.41) is 2.57. The number of nitrogens with one attached hydrogen (secondary N) is 1. The molecule has 0 aliphatic rings. The zero-order valence-electron chi connectivity index (χ0n) is 7.31. The Morgan fingerprint density at radius 3 is 2.69 bits per heavy atom. The van der Waals surface area contributed by atoms with Gasteiger partial charge in [-0.25, -0.2) is 4.39 Å². The Kier molecular flexibility index (Phi) is 5.89. The van der Waals surface area contributed by atoms with Crippen molar-refractivity contribution in [3.63, 3.8) is 0 Å². The van der Waals surface area contributed by atoms with E-state index < -0.39 is 5.83 Å². The van der Waals surface area contributed by atoms with Gasteiger partial charge in [0, 0.05) is 17.2 Å². The Morgan fingerprint density at radius 2 is 2.31 bits per heavy atom. The minimum atomic E-state index is -0.419. The second-order valence-electron chi connectivity index (χ2n) is 2.26. The van der Waals surface area contributed by atoms with E-state index in [1.54, 1.807) is 0 Å².